The first-order chi connectivity index (χ1) is 9.57. The molecule has 0 unspecified atom stereocenters. The Morgan fingerprint density at radius 1 is 1.10 bits per heavy atom. The number of nitrogens with two attached hydrogens (primary N) is 1. The summed E-state index contributed by atoms with van der Waals surface area (Å²) in [7, 11) is -6.77. The number of nitrogens with one attached hydrogen (secondary N) is 2. The van der Waals surface area contributed by atoms with Crippen LogP contribution in [-0.2, 0) is 19.9 Å². The molecule has 0 radical (unpaired) electrons. The molecule has 0 fully saturated rings. The molecule has 1 rings (SSSR count). The quantitative estimate of drug-likeness (QED) is 0.375. The number of benzene rings is 1. The second-order valence-electron chi connectivity index (χ2n) is 4.96. The van der Waals surface area contributed by atoms with Crippen LogP contribution >= 0.6 is 0 Å². The minimum Gasteiger partial charge on any atom is -0.324 e. The third-order valence-electron chi connectivity index (χ3n) is 2.88. The second-order valence-corrected chi connectivity index (χ2v) is 8.93. The molecule has 1 aromatic rings. The lowest BCUT2D eigenvalue weighted by Gasteiger charge is -2.13. The number of hydrazine groups is 1. The molecule has 0 saturated heterocycles. The lowest BCUT2D eigenvalue weighted by Crippen LogP contribution is -2.27. The average molecular weight is 335 g/mol. The summed E-state index contributed by atoms with van der Waals surface area (Å²) in [6, 6.07) is 3.27. The molecule has 0 saturated carbocycles. The van der Waals surface area contributed by atoms with Crippen LogP contribution in [0.3, 0.4) is 0 Å². The Morgan fingerprint density at radius 2 is 1.62 bits per heavy atom. The van der Waals surface area contributed by atoms with Crippen LogP contribution in [0.4, 0.5) is 5.69 Å². The predicted octanol–water partition coefficient (Wildman–Crippen LogP) is 0.302. The van der Waals surface area contributed by atoms with Crippen molar-refractivity contribution in [3.8, 4) is 0 Å². The molecule has 0 aliphatic rings. The predicted molar refractivity (Wildman–Crippen MR) is 83.2 cm³/mol. The summed E-state index contributed by atoms with van der Waals surface area (Å²) < 4.78 is 49.0. The fourth-order valence-corrected chi connectivity index (χ4v) is 4.26. The monoisotopic (exact) mass is 335 g/mol. The van der Waals surface area contributed by atoms with Gasteiger partial charge >= 0.3 is 0 Å². The molecule has 1 aromatic carbocycles. The van der Waals surface area contributed by atoms with Crippen LogP contribution in [0.1, 0.15) is 17.5 Å². The fourth-order valence-electron chi connectivity index (χ4n) is 2.07. The van der Waals surface area contributed by atoms with Crippen LogP contribution in [-0.4, -0.2) is 35.4 Å². The minimum atomic E-state index is -3.68. The normalized spacial score (nSPS) is 12.4. The maximum atomic E-state index is 12.3. The standard InChI is InChI=1S/C12H21N3O4S2/c1-9-7-11(15-13)8-10(2)12(9)21(18,19)14-5-4-6-20(3,16)17/h7-8,14-15H,4-6,13H2,1-3H3. The van der Waals surface area contributed by atoms with Gasteiger partial charge in [-0.25, -0.2) is 21.6 Å². The Morgan fingerprint density at radius 3 is 2.05 bits per heavy atom. The molecule has 0 bridgehead atoms. The molecule has 120 valence electrons. The molecular weight excluding hydrogens is 314 g/mol. The highest BCUT2D eigenvalue weighted by molar-refractivity contribution is 7.90. The van der Waals surface area contributed by atoms with Gasteiger partial charge in [0.1, 0.15) is 9.84 Å². The zero-order valence-corrected chi connectivity index (χ0v) is 13.9. The smallest absolute Gasteiger partial charge is 0.241 e. The van der Waals surface area contributed by atoms with Crippen molar-refractivity contribution in [1.82, 2.24) is 4.72 Å². The Kier molecular flexibility index (Phi) is 5.74. The molecule has 0 spiro atoms. The van der Waals surface area contributed by atoms with Crippen LogP contribution in [0.2, 0.25) is 0 Å². The van der Waals surface area contributed by atoms with E-state index in [-0.39, 0.29) is 23.6 Å². The maximum Gasteiger partial charge on any atom is 0.241 e. The van der Waals surface area contributed by atoms with Crippen molar-refractivity contribution in [3.05, 3.63) is 23.3 Å². The molecule has 0 aliphatic carbocycles. The van der Waals surface area contributed by atoms with Crippen molar-refractivity contribution >= 4 is 25.5 Å². The van der Waals surface area contributed by atoms with Gasteiger partial charge in [0.2, 0.25) is 10.0 Å². The largest absolute Gasteiger partial charge is 0.324 e. The van der Waals surface area contributed by atoms with Crippen LogP contribution < -0.4 is 16.0 Å². The van der Waals surface area contributed by atoms with Gasteiger partial charge in [-0.3, -0.25) is 5.84 Å². The van der Waals surface area contributed by atoms with Crippen molar-refractivity contribution in [2.45, 2.75) is 25.2 Å². The Balaban J connectivity index is 2.89. The first kappa shape index (κ1) is 17.9. The Labute approximate surface area is 125 Å². The molecular formula is C12H21N3O4S2. The van der Waals surface area contributed by atoms with E-state index < -0.39 is 19.9 Å². The summed E-state index contributed by atoms with van der Waals surface area (Å²) in [5, 5.41) is 0. The average Bonchev–Trinajstić information content (AvgIpc) is 2.32. The van der Waals surface area contributed by atoms with Gasteiger partial charge in [0.15, 0.2) is 0 Å². The van der Waals surface area contributed by atoms with Gasteiger partial charge < -0.3 is 5.43 Å². The number of rotatable bonds is 7. The van der Waals surface area contributed by atoms with E-state index in [1.807, 2.05) is 0 Å². The van der Waals surface area contributed by atoms with E-state index in [0.717, 1.165) is 6.26 Å². The van der Waals surface area contributed by atoms with Gasteiger partial charge in [-0.15, -0.1) is 0 Å². The topological polar surface area (TPSA) is 118 Å². The van der Waals surface area contributed by atoms with E-state index in [2.05, 4.69) is 10.1 Å². The molecule has 0 atom stereocenters. The zero-order chi connectivity index (χ0) is 16.3. The molecule has 0 amide bonds. The van der Waals surface area contributed by atoms with Gasteiger partial charge in [-0.05, 0) is 43.5 Å². The van der Waals surface area contributed by atoms with E-state index >= 15 is 0 Å². The highest BCUT2D eigenvalue weighted by atomic mass is 32.2. The molecule has 4 N–H and O–H groups in total. The lowest BCUT2D eigenvalue weighted by molar-refractivity contribution is 0.576. The van der Waals surface area contributed by atoms with Crippen LogP contribution in [0, 0.1) is 13.8 Å². The summed E-state index contributed by atoms with van der Waals surface area (Å²) in [5.41, 5.74) is 4.24. The van der Waals surface area contributed by atoms with E-state index in [1.165, 1.54) is 0 Å². The second kappa shape index (κ2) is 6.73. The Bertz CT molecular complexity index is 689. The van der Waals surface area contributed by atoms with Crippen molar-refractivity contribution in [2.24, 2.45) is 5.84 Å². The van der Waals surface area contributed by atoms with E-state index in [1.54, 1.807) is 26.0 Å². The molecule has 0 heterocycles. The van der Waals surface area contributed by atoms with E-state index in [4.69, 9.17) is 5.84 Å². The zero-order valence-electron chi connectivity index (χ0n) is 12.3. The van der Waals surface area contributed by atoms with Crippen LogP contribution in [0.15, 0.2) is 17.0 Å². The van der Waals surface area contributed by atoms with Gasteiger partial charge in [-0.2, -0.15) is 0 Å². The van der Waals surface area contributed by atoms with Gasteiger partial charge in [0.25, 0.3) is 0 Å². The number of hydrogen-bond donors (Lipinski definition) is 3. The van der Waals surface area contributed by atoms with Gasteiger partial charge in [0.05, 0.1) is 10.6 Å². The summed E-state index contributed by atoms with van der Waals surface area (Å²) in [4.78, 5) is 0.195. The van der Waals surface area contributed by atoms with Crippen LogP contribution in [0.5, 0.6) is 0 Å². The summed E-state index contributed by atoms with van der Waals surface area (Å²) in [6.07, 6.45) is 1.35. The van der Waals surface area contributed by atoms with Crippen LogP contribution in [0.25, 0.3) is 0 Å². The SMILES string of the molecule is Cc1cc(NN)cc(C)c1S(=O)(=O)NCCCS(C)(=O)=O. The number of hydrogen-bond acceptors (Lipinski definition) is 6. The number of sulfone groups is 1. The highest BCUT2D eigenvalue weighted by Gasteiger charge is 2.19. The number of anilines is 1. The van der Waals surface area contributed by atoms with Gasteiger partial charge in [-0.1, -0.05) is 0 Å². The first-order valence-electron chi connectivity index (χ1n) is 6.32. The summed E-state index contributed by atoms with van der Waals surface area (Å²) >= 11 is 0. The first-order valence-corrected chi connectivity index (χ1v) is 9.86. The van der Waals surface area contributed by atoms with E-state index in [9.17, 15) is 16.8 Å². The minimum absolute atomic E-state index is 0.0521. The number of nitrogen functional groups attached to an aromatic ring is 1. The van der Waals surface area contributed by atoms with E-state index in [0.29, 0.717) is 16.8 Å². The van der Waals surface area contributed by atoms with Crippen molar-refractivity contribution in [1.29, 1.82) is 0 Å². The molecule has 21 heavy (non-hydrogen) atoms. The van der Waals surface area contributed by atoms with Crippen molar-refractivity contribution in [3.63, 3.8) is 0 Å². The highest BCUT2D eigenvalue weighted by Crippen LogP contribution is 2.23. The molecule has 0 aromatic heterocycles. The molecule has 9 heteroatoms. The lowest BCUT2D eigenvalue weighted by atomic mass is 10.1. The van der Waals surface area contributed by atoms with Gasteiger partial charge in [0, 0.05) is 18.5 Å². The number of aryl methyl sites for hydroxylation is 2. The maximum absolute atomic E-state index is 12.3. The Hall–Kier alpha value is -1.16. The third kappa shape index (κ3) is 5.27. The van der Waals surface area contributed by atoms with Crippen molar-refractivity contribution < 1.29 is 16.8 Å². The molecule has 7 nitrogen and oxygen atoms in total. The summed E-state index contributed by atoms with van der Waals surface area (Å²) in [5.74, 6) is 5.26. The molecule has 0 aliphatic heterocycles. The third-order valence-corrected chi connectivity index (χ3v) is 5.68. The van der Waals surface area contributed by atoms with Crippen molar-refractivity contribution in [2.75, 3.05) is 24.0 Å². The fraction of sp³-hybridized carbons (Fsp3) is 0.500. The number of sulfonamides is 1. The summed E-state index contributed by atoms with van der Waals surface area (Å²) in [6.45, 7) is 3.43.